The maximum Gasteiger partial charge on any atom is 0.422 e. The Morgan fingerprint density at radius 2 is 1.70 bits per heavy atom. The molecule has 0 N–H and O–H groups in total. The van der Waals surface area contributed by atoms with Crippen molar-refractivity contribution in [2.24, 2.45) is 7.05 Å². The van der Waals surface area contributed by atoms with Crippen molar-refractivity contribution in [2.75, 3.05) is 6.61 Å². The van der Waals surface area contributed by atoms with E-state index >= 15 is 0 Å². The zero-order valence-corrected chi connectivity index (χ0v) is 15.8. The Labute approximate surface area is 163 Å². The Kier molecular flexibility index (Phi) is 5.96. The highest BCUT2D eigenvalue weighted by atomic mass is 35.5. The summed E-state index contributed by atoms with van der Waals surface area (Å²) in [6.45, 7) is -1.30. The Morgan fingerprint density at radius 3 is 2.33 bits per heavy atom. The Hall–Kier alpha value is -2.19. The van der Waals surface area contributed by atoms with E-state index in [2.05, 4.69) is 10.2 Å². The molecular formula is C18H15ClF3N3OS. The van der Waals surface area contributed by atoms with E-state index in [1.54, 1.807) is 24.3 Å². The highest BCUT2D eigenvalue weighted by molar-refractivity contribution is 7.98. The van der Waals surface area contributed by atoms with Crippen molar-refractivity contribution in [2.45, 2.75) is 17.1 Å². The molecule has 0 aliphatic rings. The zero-order chi connectivity index (χ0) is 19.4. The second kappa shape index (κ2) is 8.22. The van der Waals surface area contributed by atoms with Crippen LogP contribution in [0, 0.1) is 0 Å². The van der Waals surface area contributed by atoms with E-state index in [-0.39, 0.29) is 5.75 Å². The number of aromatic nitrogens is 3. The molecule has 0 atom stereocenters. The number of hydrogen-bond donors (Lipinski definition) is 0. The minimum Gasteiger partial charge on any atom is -0.484 e. The molecule has 0 bridgehead atoms. The molecule has 4 nitrogen and oxygen atoms in total. The van der Waals surface area contributed by atoms with Gasteiger partial charge in [0, 0.05) is 23.4 Å². The van der Waals surface area contributed by atoms with Gasteiger partial charge >= 0.3 is 6.18 Å². The van der Waals surface area contributed by atoms with Gasteiger partial charge in [0.25, 0.3) is 0 Å². The fourth-order valence-corrected chi connectivity index (χ4v) is 3.28. The molecule has 0 amide bonds. The lowest BCUT2D eigenvalue weighted by Crippen LogP contribution is -2.19. The molecule has 0 saturated heterocycles. The number of benzene rings is 2. The number of alkyl halides is 3. The summed E-state index contributed by atoms with van der Waals surface area (Å²) in [6.07, 6.45) is -4.35. The van der Waals surface area contributed by atoms with E-state index in [4.69, 9.17) is 16.3 Å². The third-order valence-electron chi connectivity index (χ3n) is 3.63. The molecule has 0 saturated carbocycles. The molecule has 0 spiro atoms. The van der Waals surface area contributed by atoms with Crippen LogP contribution in [0.3, 0.4) is 0 Å². The molecular weight excluding hydrogens is 399 g/mol. The second-order valence-corrected chi connectivity index (χ2v) is 7.09. The fraction of sp³-hybridized carbons (Fsp3) is 0.222. The summed E-state index contributed by atoms with van der Waals surface area (Å²) in [4.78, 5) is 0. The van der Waals surface area contributed by atoms with Crippen molar-refractivity contribution in [1.29, 1.82) is 0 Å². The number of rotatable bonds is 6. The van der Waals surface area contributed by atoms with Gasteiger partial charge in [-0.1, -0.05) is 35.5 Å². The normalized spacial score (nSPS) is 11.6. The van der Waals surface area contributed by atoms with Gasteiger partial charge < -0.3 is 9.30 Å². The van der Waals surface area contributed by atoms with E-state index in [9.17, 15) is 13.2 Å². The summed E-state index contributed by atoms with van der Waals surface area (Å²) in [5.41, 5.74) is 1.85. The molecule has 2 aromatic carbocycles. The van der Waals surface area contributed by atoms with Crippen LogP contribution in [0.15, 0.2) is 53.7 Å². The topological polar surface area (TPSA) is 39.9 Å². The molecule has 3 aromatic rings. The third-order valence-corrected chi connectivity index (χ3v) is 4.97. The third kappa shape index (κ3) is 5.40. The van der Waals surface area contributed by atoms with Crippen LogP contribution in [0.2, 0.25) is 5.02 Å². The van der Waals surface area contributed by atoms with Crippen molar-refractivity contribution in [3.63, 3.8) is 0 Å². The van der Waals surface area contributed by atoms with Gasteiger partial charge in [0.05, 0.1) is 0 Å². The molecule has 0 unspecified atom stereocenters. The van der Waals surface area contributed by atoms with Gasteiger partial charge in [0.15, 0.2) is 17.6 Å². The smallest absolute Gasteiger partial charge is 0.422 e. The second-order valence-electron chi connectivity index (χ2n) is 5.71. The summed E-state index contributed by atoms with van der Waals surface area (Å²) < 4.78 is 43.1. The first-order valence-electron chi connectivity index (χ1n) is 7.88. The van der Waals surface area contributed by atoms with Crippen LogP contribution >= 0.6 is 23.4 Å². The minimum atomic E-state index is -4.35. The van der Waals surface area contributed by atoms with Crippen molar-refractivity contribution in [3.05, 3.63) is 59.1 Å². The van der Waals surface area contributed by atoms with E-state index < -0.39 is 12.8 Å². The average molecular weight is 414 g/mol. The molecule has 0 aliphatic heterocycles. The number of hydrogen-bond acceptors (Lipinski definition) is 4. The molecule has 1 heterocycles. The van der Waals surface area contributed by atoms with Gasteiger partial charge in [-0.25, -0.2) is 0 Å². The lowest BCUT2D eigenvalue weighted by molar-refractivity contribution is -0.153. The number of halogens is 4. The van der Waals surface area contributed by atoms with Crippen LogP contribution in [0.25, 0.3) is 11.4 Å². The van der Waals surface area contributed by atoms with Crippen LogP contribution < -0.4 is 4.74 Å². The molecule has 3 rings (SSSR count). The van der Waals surface area contributed by atoms with Crippen LogP contribution in [-0.2, 0) is 12.8 Å². The first kappa shape index (κ1) is 19.6. The molecule has 1 aromatic heterocycles. The first-order valence-corrected chi connectivity index (χ1v) is 9.25. The van der Waals surface area contributed by atoms with Crippen LogP contribution in [-0.4, -0.2) is 27.5 Å². The summed E-state index contributed by atoms with van der Waals surface area (Å²) in [5.74, 6) is 1.52. The van der Waals surface area contributed by atoms with Gasteiger partial charge in [0.1, 0.15) is 5.75 Å². The zero-order valence-electron chi connectivity index (χ0n) is 14.2. The standard InChI is InChI=1S/C18H15ClF3N3OS/c1-25-16(13-4-6-14(19)7-5-13)23-24-17(25)27-10-12-2-8-15(9-3-12)26-11-18(20,21)22/h2-9H,10-11H2,1H3. The Morgan fingerprint density at radius 1 is 1.04 bits per heavy atom. The van der Waals surface area contributed by atoms with E-state index in [0.29, 0.717) is 10.8 Å². The maximum absolute atomic E-state index is 12.2. The average Bonchev–Trinajstić information content (AvgIpc) is 3.00. The molecule has 27 heavy (non-hydrogen) atoms. The summed E-state index contributed by atoms with van der Waals surface area (Å²) in [6, 6.07) is 13.8. The highest BCUT2D eigenvalue weighted by Crippen LogP contribution is 2.27. The van der Waals surface area contributed by atoms with E-state index in [1.807, 2.05) is 23.7 Å². The maximum atomic E-state index is 12.2. The molecule has 0 radical (unpaired) electrons. The van der Waals surface area contributed by atoms with Gasteiger partial charge in [-0.2, -0.15) is 13.2 Å². The number of nitrogens with zero attached hydrogens (tertiary/aromatic N) is 3. The van der Waals surface area contributed by atoms with Crippen LogP contribution in [0.5, 0.6) is 5.75 Å². The van der Waals surface area contributed by atoms with Crippen molar-refractivity contribution >= 4 is 23.4 Å². The van der Waals surface area contributed by atoms with Crippen molar-refractivity contribution in [3.8, 4) is 17.1 Å². The largest absolute Gasteiger partial charge is 0.484 e. The van der Waals surface area contributed by atoms with Gasteiger partial charge in [-0.3, -0.25) is 0 Å². The van der Waals surface area contributed by atoms with Gasteiger partial charge in [-0.15, -0.1) is 10.2 Å². The molecule has 142 valence electrons. The fourth-order valence-electron chi connectivity index (χ4n) is 2.29. The highest BCUT2D eigenvalue weighted by Gasteiger charge is 2.28. The van der Waals surface area contributed by atoms with Crippen molar-refractivity contribution in [1.82, 2.24) is 14.8 Å². The minimum absolute atomic E-state index is 0.185. The SMILES string of the molecule is Cn1c(SCc2ccc(OCC(F)(F)F)cc2)nnc1-c1ccc(Cl)cc1. The number of ether oxygens (including phenoxy) is 1. The van der Waals surface area contributed by atoms with E-state index in [0.717, 1.165) is 22.1 Å². The Balaban J connectivity index is 1.61. The quantitative estimate of drug-likeness (QED) is 0.509. The predicted octanol–water partition coefficient (Wildman–Crippen LogP) is 5.37. The number of thioether (sulfide) groups is 1. The summed E-state index contributed by atoms with van der Waals surface area (Å²) in [7, 11) is 1.88. The van der Waals surface area contributed by atoms with Crippen LogP contribution in [0.4, 0.5) is 13.2 Å². The van der Waals surface area contributed by atoms with Gasteiger partial charge in [-0.05, 0) is 42.0 Å². The monoisotopic (exact) mass is 413 g/mol. The Bertz CT molecular complexity index is 896. The van der Waals surface area contributed by atoms with Gasteiger partial charge in [0.2, 0.25) is 0 Å². The lowest BCUT2D eigenvalue weighted by atomic mass is 10.2. The lowest BCUT2D eigenvalue weighted by Gasteiger charge is -2.09. The molecule has 0 fully saturated rings. The van der Waals surface area contributed by atoms with Crippen molar-refractivity contribution < 1.29 is 17.9 Å². The summed E-state index contributed by atoms with van der Waals surface area (Å²) in [5, 5.41) is 9.79. The molecule has 0 aliphatic carbocycles. The molecule has 9 heteroatoms. The first-order chi connectivity index (χ1) is 12.8. The van der Waals surface area contributed by atoms with E-state index in [1.165, 1.54) is 23.9 Å². The van der Waals surface area contributed by atoms with Crippen LogP contribution in [0.1, 0.15) is 5.56 Å². The predicted molar refractivity (Wildman–Crippen MR) is 99.0 cm³/mol. The summed E-state index contributed by atoms with van der Waals surface area (Å²) >= 11 is 7.39.